The molecule has 2 N–H and O–H groups in total. The Hall–Kier alpha value is -4.30. The number of rotatable bonds is 10. The van der Waals surface area contributed by atoms with E-state index in [1.54, 1.807) is 43.3 Å². The number of carbonyl (C=O) groups excluding carboxylic acids is 2. The lowest BCUT2D eigenvalue weighted by molar-refractivity contribution is -0.140. The number of ether oxygens (including phenoxy) is 2. The standard InChI is InChI=1S/C31H34N2O6/c1-5-38-26-18-22(12-15-25(26)34)28-27(30(36)31(37)33(28)17-16-32(3)4)29(35)21-10-13-24(14-11-21)39-19-23-9-7-6-8-20(23)2/h6-15,18,28,34-35H,5,16-17,19H2,1-4H3/b29-27+. The molecule has 1 atom stereocenters. The van der Waals surface area contributed by atoms with Crippen LogP contribution in [0.15, 0.2) is 72.3 Å². The molecule has 1 aliphatic heterocycles. The van der Waals surface area contributed by atoms with Crippen molar-refractivity contribution in [1.29, 1.82) is 0 Å². The lowest BCUT2D eigenvalue weighted by Gasteiger charge is -2.27. The summed E-state index contributed by atoms with van der Waals surface area (Å²) < 4.78 is 11.5. The molecule has 4 rings (SSSR count). The summed E-state index contributed by atoms with van der Waals surface area (Å²) in [5, 5.41) is 21.6. The van der Waals surface area contributed by atoms with Gasteiger partial charge in [-0.05, 0) is 81.0 Å². The van der Waals surface area contributed by atoms with Crippen molar-refractivity contribution >= 4 is 17.4 Å². The van der Waals surface area contributed by atoms with Gasteiger partial charge in [-0.1, -0.05) is 30.3 Å². The number of hydrogen-bond donors (Lipinski definition) is 2. The van der Waals surface area contributed by atoms with Crippen molar-refractivity contribution in [3.05, 3.63) is 94.6 Å². The fourth-order valence-corrected chi connectivity index (χ4v) is 4.53. The maximum absolute atomic E-state index is 13.3. The van der Waals surface area contributed by atoms with Crippen LogP contribution in [0, 0.1) is 6.92 Å². The van der Waals surface area contributed by atoms with Gasteiger partial charge >= 0.3 is 0 Å². The molecular formula is C31H34N2O6. The van der Waals surface area contributed by atoms with Crippen LogP contribution in [0.1, 0.15) is 35.2 Å². The van der Waals surface area contributed by atoms with E-state index in [0.29, 0.717) is 36.6 Å². The monoisotopic (exact) mass is 530 g/mol. The summed E-state index contributed by atoms with van der Waals surface area (Å²) in [6, 6.07) is 18.6. The van der Waals surface area contributed by atoms with E-state index in [-0.39, 0.29) is 29.4 Å². The van der Waals surface area contributed by atoms with Crippen molar-refractivity contribution < 1.29 is 29.3 Å². The van der Waals surface area contributed by atoms with Crippen LogP contribution < -0.4 is 9.47 Å². The molecule has 1 aliphatic rings. The molecule has 0 radical (unpaired) electrons. The van der Waals surface area contributed by atoms with Crippen LogP contribution in [0.4, 0.5) is 0 Å². The average Bonchev–Trinajstić information content (AvgIpc) is 3.17. The Morgan fingerprint density at radius 1 is 1.00 bits per heavy atom. The molecule has 0 aromatic heterocycles. The highest BCUT2D eigenvalue weighted by Crippen LogP contribution is 2.41. The summed E-state index contributed by atoms with van der Waals surface area (Å²) >= 11 is 0. The highest BCUT2D eigenvalue weighted by atomic mass is 16.5. The van der Waals surface area contributed by atoms with Gasteiger partial charge in [0.2, 0.25) is 0 Å². The van der Waals surface area contributed by atoms with Crippen LogP contribution in [0.3, 0.4) is 0 Å². The summed E-state index contributed by atoms with van der Waals surface area (Å²) in [5.41, 5.74) is 3.13. The van der Waals surface area contributed by atoms with Crippen LogP contribution in [0.2, 0.25) is 0 Å². The Morgan fingerprint density at radius 2 is 1.72 bits per heavy atom. The number of nitrogens with zero attached hydrogens (tertiary/aromatic N) is 2. The largest absolute Gasteiger partial charge is 0.507 e. The Labute approximate surface area is 228 Å². The number of likely N-dealkylation sites (tertiary alicyclic amines) is 1. The van der Waals surface area contributed by atoms with E-state index in [0.717, 1.165) is 11.1 Å². The number of aliphatic hydroxyl groups excluding tert-OH is 1. The van der Waals surface area contributed by atoms with E-state index in [1.807, 2.05) is 50.2 Å². The first-order valence-corrected chi connectivity index (χ1v) is 12.9. The number of aromatic hydroxyl groups is 1. The average molecular weight is 531 g/mol. The van der Waals surface area contributed by atoms with Gasteiger partial charge in [-0.15, -0.1) is 0 Å². The topological polar surface area (TPSA) is 99.5 Å². The number of phenols is 1. The Bertz CT molecular complexity index is 1380. The third kappa shape index (κ3) is 6.07. The maximum atomic E-state index is 13.3. The van der Waals surface area contributed by atoms with Crippen LogP contribution in [-0.2, 0) is 16.2 Å². The molecule has 0 aliphatic carbocycles. The van der Waals surface area contributed by atoms with E-state index in [9.17, 15) is 19.8 Å². The number of Topliss-reactive ketones (excluding diaryl/α,β-unsaturated/α-hetero) is 1. The fraction of sp³-hybridized carbons (Fsp3) is 0.290. The molecule has 0 spiro atoms. The van der Waals surface area contributed by atoms with Crippen molar-refractivity contribution in [2.24, 2.45) is 0 Å². The van der Waals surface area contributed by atoms with E-state index in [2.05, 4.69) is 0 Å². The quantitative estimate of drug-likeness (QED) is 0.223. The number of benzene rings is 3. The van der Waals surface area contributed by atoms with Crippen molar-refractivity contribution in [2.45, 2.75) is 26.5 Å². The van der Waals surface area contributed by atoms with Gasteiger partial charge in [-0.2, -0.15) is 0 Å². The molecular weight excluding hydrogens is 496 g/mol. The van der Waals surface area contributed by atoms with Crippen LogP contribution in [-0.4, -0.2) is 65.5 Å². The summed E-state index contributed by atoms with van der Waals surface area (Å²) in [5.74, 6) is -0.926. The zero-order valence-electron chi connectivity index (χ0n) is 22.7. The minimum Gasteiger partial charge on any atom is -0.507 e. The molecule has 39 heavy (non-hydrogen) atoms. The third-order valence-electron chi connectivity index (χ3n) is 6.71. The van der Waals surface area contributed by atoms with Crippen molar-refractivity contribution in [3.63, 3.8) is 0 Å². The Morgan fingerprint density at radius 3 is 2.38 bits per heavy atom. The number of aliphatic hydroxyl groups is 1. The summed E-state index contributed by atoms with van der Waals surface area (Å²) in [7, 11) is 3.75. The predicted octanol–water partition coefficient (Wildman–Crippen LogP) is 4.66. The zero-order chi connectivity index (χ0) is 28.1. The third-order valence-corrected chi connectivity index (χ3v) is 6.71. The molecule has 3 aromatic carbocycles. The minimum absolute atomic E-state index is 0.0135. The summed E-state index contributed by atoms with van der Waals surface area (Å²) in [6.07, 6.45) is 0. The molecule has 1 saturated heterocycles. The van der Waals surface area contributed by atoms with Crippen molar-refractivity contribution in [3.8, 4) is 17.2 Å². The van der Waals surface area contributed by atoms with Gasteiger partial charge in [0.15, 0.2) is 11.5 Å². The number of likely N-dealkylation sites (N-methyl/N-ethyl adjacent to an activating group) is 1. The molecule has 8 nitrogen and oxygen atoms in total. The Kier molecular flexibility index (Phi) is 8.56. The van der Waals surface area contributed by atoms with Crippen LogP contribution >= 0.6 is 0 Å². The molecule has 0 saturated carbocycles. The van der Waals surface area contributed by atoms with Gasteiger partial charge in [-0.3, -0.25) is 9.59 Å². The molecule has 1 fully saturated rings. The highest BCUT2D eigenvalue weighted by Gasteiger charge is 2.46. The smallest absolute Gasteiger partial charge is 0.295 e. The van der Waals surface area contributed by atoms with E-state index in [4.69, 9.17) is 9.47 Å². The number of carbonyl (C=O) groups is 2. The Balaban J connectivity index is 1.69. The number of aryl methyl sites for hydroxylation is 1. The number of amides is 1. The van der Waals surface area contributed by atoms with Crippen molar-refractivity contribution in [2.75, 3.05) is 33.8 Å². The van der Waals surface area contributed by atoms with Crippen LogP contribution in [0.5, 0.6) is 17.2 Å². The first-order valence-electron chi connectivity index (χ1n) is 12.9. The maximum Gasteiger partial charge on any atom is 0.295 e. The van der Waals surface area contributed by atoms with Crippen LogP contribution in [0.25, 0.3) is 5.76 Å². The molecule has 3 aromatic rings. The summed E-state index contributed by atoms with van der Waals surface area (Å²) in [4.78, 5) is 29.8. The second-order valence-corrected chi connectivity index (χ2v) is 9.70. The lowest BCUT2D eigenvalue weighted by Crippen LogP contribution is -2.35. The van der Waals surface area contributed by atoms with Gasteiger partial charge < -0.3 is 29.5 Å². The first-order chi connectivity index (χ1) is 18.7. The molecule has 1 amide bonds. The SMILES string of the molecule is CCOc1cc(C2/C(=C(\O)c3ccc(OCc4ccccc4C)cc3)C(=O)C(=O)N2CCN(C)C)ccc1O. The number of ketones is 1. The van der Waals surface area contributed by atoms with Gasteiger partial charge in [0.25, 0.3) is 11.7 Å². The molecule has 8 heteroatoms. The molecule has 1 unspecified atom stereocenters. The normalized spacial score (nSPS) is 16.6. The van der Waals surface area contributed by atoms with E-state index in [1.165, 1.54) is 11.0 Å². The van der Waals surface area contributed by atoms with E-state index >= 15 is 0 Å². The summed E-state index contributed by atoms with van der Waals surface area (Å²) in [6.45, 7) is 5.34. The van der Waals surface area contributed by atoms with Gasteiger partial charge in [-0.25, -0.2) is 0 Å². The van der Waals surface area contributed by atoms with Crippen molar-refractivity contribution in [1.82, 2.24) is 9.80 Å². The first kappa shape index (κ1) is 27.7. The minimum atomic E-state index is -0.846. The molecule has 204 valence electrons. The number of phenolic OH excluding ortho intramolecular Hbond substituents is 1. The highest BCUT2D eigenvalue weighted by molar-refractivity contribution is 6.46. The predicted molar refractivity (Wildman–Crippen MR) is 149 cm³/mol. The zero-order valence-corrected chi connectivity index (χ0v) is 22.7. The molecule has 1 heterocycles. The van der Waals surface area contributed by atoms with E-state index < -0.39 is 17.7 Å². The fourth-order valence-electron chi connectivity index (χ4n) is 4.53. The second kappa shape index (κ2) is 12.0. The lowest BCUT2D eigenvalue weighted by atomic mass is 9.95. The van der Waals surface area contributed by atoms with Gasteiger partial charge in [0.1, 0.15) is 18.1 Å². The van der Waals surface area contributed by atoms with Gasteiger partial charge in [0, 0.05) is 18.7 Å². The second-order valence-electron chi connectivity index (χ2n) is 9.70. The molecule has 0 bridgehead atoms. The van der Waals surface area contributed by atoms with Gasteiger partial charge in [0.05, 0.1) is 18.2 Å². The number of hydrogen-bond acceptors (Lipinski definition) is 7.